The molecule has 0 saturated carbocycles. The van der Waals surface area contributed by atoms with Crippen LogP contribution in [0.2, 0.25) is 4.09 Å². The van der Waals surface area contributed by atoms with Crippen molar-refractivity contribution in [2.45, 2.75) is 134 Å². The van der Waals surface area contributed by atoms with E-state index in [4.69, 9.17) is 0 Å². The second-order valence-electron chi connectivity index (χ2n) is 8.83. The van der Waals surface area contributed by atoms with Crippen LogP contribution >= 0.6 is 0 Å². The Kier molecular flexibility index (Phi) is 39.8. The summed E-state index contributed by atoms with van der Waals surface area (Å²) < 4.78 is 0.591. The predicted octanol–water partition coefficient (Wildman–Crippen LogP) is -1.50. The number of hydrogen-bond acceptors (Lipinski definition) is 4. The van der Waals surface area contributed by atoms with Crippen LogP contribution in [0.25, 0.3) is 0 Å². The van der Waals surface area contributed by atoms with Crippen LogP contribution in [-0.4, -0.2) is 29.7 Å². The monoisotopic (exact) mass is 468 g/mol. The molecule has 0 amide bonds. The van der Waals surface area contributed by atoms with Crippen molar-refractivity contribution in [3.8, 4) is 0 Å². The van der Waals surface area contributed by atoms with Gasteiger partial charge >= 0.3 is 241 Å². The first kappa shape index (κ1) is 40.0. The van der Waals surface area contributed by atoms with Gasteiger partial charge in [-0.05, 0) is 0 Å². The molecule has 0 fully saturated rings. The van der Waals surface area contributed by atoms with Crippen LogP contribution in [0.4, 0.5) is 0 Å². The Bertz CT molecular complexity index is 368. The van der Waals surface area contributed by atoms with E-state index in [-0.39, 0.29) is 103 Å². The molecule has 0 bridgehead atoms. The Morgan fingerprint density at radius 1 is 0.633 bits per heavy atom. The minimum Gasteiger partial charge on any atom is -0.0654 e. The summed E-state index contributed by atoms with van der Waals surface area (Å²) in [5, 5.41) is 18.6. The molecular weight excluding hydrogens is 425 g/mol. The van der Waals surface area contributed by atoms with Crippen molar-refractivity contribution in [1.82, 2.24) is 0 Å². The fraction of sp³-hybridized carbons (Fsp3) is 0.913. The van der Waals surface area contributed by atoms with Crippen molar-refractivity contribution in [2.75, 3.05) is 0 Å². The first-order chi connectivity index (χ1) is 13.2. The third-order valence-electron chi connectivity index (χ3n) is 5.20. The van der Waals surface area contributed by atoms with Gasteiger partial charge in [0.2, 0.25) is 0 Å². The number of hydrogen-bond donors (Lipinski definition) is 0. The van der Waals surface area contributed by atoms with Crippen molar-refractivity contribution in [3.05, 3.63) is 0 Å². The first-order valence-corrected chi connectivity index (χ1v) is 11.6. The molecule has 1 atom stereocenters. The normalized spacial score (nSPS) is 11.9. The van der Waals surface area contributed by atoms with E-state index in [0.29, 0.717) is 4.09 Å². The van der Waals surface area contributed by atoms with Crippen LogP contribution in [0, 0.1) is 0 Å². The quantitative estimate of drug-likeness (QED) is 0.139. The molecular formula is C23H43K2LiO4. The van der Waals surface area contributed by atoms with Gasteiger partial charge in [0.15, 0.2) is 0 Å². The maximum absolute atomic E-state index is 9.28. The number of carboxylic acids is 2. The Morgan fingerprint density at radius 3 is 1.17 bits per heavy atom. The minimum atomic E-state index is -1.63. The van der Waals surface area contributed by atoms with Gasteiger partial charge in [-0.25, -0.2) is 0 Å². The minimum absolute atomic E-state index is 0. The van der Waals surface area contributed by atoms with Gasteiger partial charge in [-0.15, -0.1) is 0 Å². The summed E-state index contributed by atoms with van der Waals surface area (Å²) in [5.41, 5.74) is 0. The topological polar surface area (TPSA) is 80.3 Å². The van der Waals surface area contributed by atoms with E-state index < -0.39 is 18.4 Å². The summed E-state index contributed by atoms with van der Waals surface area (Å²) in [6, 6.07) is 0. The zero-order valence-corrected chi connectivity index (χ0v) is 27.4. The molecule has 0 aliphatic carbocycles. The van der Waals surface area contributed by atoms with E-state index in [9.17, 15) is 19.8 Å². The zero-order chi connectivity index (χ0) is 21.7. The van der Waals surface area contributed by atoms with Gasteiger partial charge in [0.1, 0.15) is 0 Å². The fourth-order valence-electron chi connectivity index (χ4n) is 3.36. The number of aliphatic carboxylic acids is 2. The third-order valence-corrected chi connectivity index (χ3v) is 5.20. The average molecular weight is 469 g/mol. The van der Waals surface area contributed by atoms with Crippen LogP contribution in [0.15, 0.2) is 0 Å². The fourth-order valence-corrected chi connectivity index (χ4v) is 3.36. The van der Waals surface area contributed by atoms with Gasteiger partial charge in [-0.3, -0.25) is 0 Å². The van der Waals surface area contributed by atoms with E-state index in [0.717, 1.165) is 0 Å². The number of carbonyl (C=O) groups is 2. The molecule has 30 heavy (non-hydrogen) atoms. The summed E-state index contributed by atoms with van der Waals surface area (Å²) in [7, 11) is 0. The van der Waals surface area contributed by atoms with E-state index in [1.165, 1.54) is 103 Å². The molecule has 0 aliphatic heterocycles. The van der Waals surface area contributed by atoms with Crippen LogP contribution in [0.1, 0.15) is 130 Å². The van der Waals surface area contributed by atoms with Crippen molar-refractivity contribution in [1.29, 1.82) is 0 Å². The van der Waals surface area contributed by atoms with E-state index in [1.807, 2.05) is 0 Å². The Labute approximate surface area is 281 Å². The van der Waals surface area contributed by atoms with Gasteiger partial charge in [0.05, 0.1) is 0 Å². The van der Waals surface area contributed by atoms with Crippen LogP contribution in [0.5, 0.6) is 0 Å². The second kappa shape index (κ2) is 29.8. The van der Waals surface area contributed by atoms with E-state index >= 15 is 0 Å². The molecule has 0 radical (unpaired) electrons. The Hall–Kier alpha value is 2.81. The summed E-state index contributed by atoms with van der Waals surface area (Å²) in [6.07, 6.45) is 22.1. The summed E-state index contributed by atoms with van der Waals surface area (Å²) in [5.74, 6) is -3.25. The first-order valence-electron chi connectivity index (χ1n) is 11.6. The molecule has 0 aliphatic rings. The van der Waals surface area contributed by atoms with Crippen LogP contribution in [-0.2, 0) is 9.59 Å². The van der Waals surface area contributed by atoms with E-state index in [1.54, 1.807) is 0 Å². The van der Waals surface area contributed by atoms with Gasteiger partial charge in [0, 0.05) is 18.4 Å². The Balaban J connectivity index is -0.000000323. The molecule has 4 nitrogen and oxygen atoms in total. The predicted molar refractivity (Wildman–Crippen MR) is 114 cm³/mol. The van der Waals surface area contributed by atoms with Crippen molar-refractivity contribution < 1.29 is 123 Å². The molecule has 1 unspecified atom stereocenters. The van der Waals surface area contributed by atoms with Crippen molar-refractivity contribution in [3.63, 3.8) is 0 Å². The molecule has 0 N–H and O–H groups in total. The second-order valence-corrected chi connectivity index (χ2v) is 8.83. The number of rotatable bonds is 18. The number of carboxylic acid groups (broad SMARTS) is 2. The average Bonchev–Trinajstić information content (AvgIpc) is 2.60. The molecule has 0 aromatic rings. The van der Waals surface area contributed by atoms with Gasteiger partial charge in [-0.1, -0.05) is 6.92 Å². The van der Waals surface area contributed by atoms with Gasteiger partial charge in [0.25, 0.3) is 0 Å². The van der Waals surface area contributed by atoms with Gasteiger partial charge < -0.3 is 19.8 Å². The van der Waals surface area contributed by atoms with E-state index in [2.05, 4.69) is 38.5 Å². The molecule has 0 aromatic carbocycles. The molecule has 162 valence electrons. The SMILES string of the molecule is O=C([O-])CC(=O)[O-].[K+].[K+].[Li][C](C)(CCCCCC)CCCCCCCCCCCC. The van der Waals surface area contributed by atoms with Crippen LogP contribution < -0.4 is 113 Å². The molecule has 0 heterocycles. The summed E-state index contributed by atoms with van der Waals surface area (Å²) >= 11 is 2.48. The maximum atomic E-state index is 9.28. The Morgan fingerprint density at radius 2 is 0.900 bits per heavy atom. The molecule has 0 spiro atoms. The zero-order valence-electron chi connectivity index (χ0n) is 21.2. The van der Waals surface area contributed by atoms with Gasteiger partial charge in [-0.2, -0.15) is 0 Å². The van der Waals surface area contributed by atoms with Crippen molar-refractivity contribution in [2.24, 2.45) is 0 Å². The standard InChI is InChI=1S/C20H41.C3H4O4.2K.Li/c1-4-6-8-10-11-12-13-14-15-17-19-20(3)18-16-9-7-5-2;4-2(5)1-3(6)7;;;/h4-19H2,1-3H3;1H2,(H,4,5)(H,6,7);;;/q;;2*+1;/p-2. The molecule has 7 heteroatoms. The number of unbranched alkanes of at least 4 members (excludes halogenated alkanes) is 12. The van der Waals surface area contributed by atoms with Crippen LogP contribution in [0.3, 0.4) is 0 Å². The molecule has 0 rings (SSSR count). The molecule has 0 saturated heterocycles. The summed E-state index contributed by atoms with van der Waals surface area (Å²) in [6.45, 7) is 7.08. The van der Waals surface area contributed by atoms with Crippen molar-refractivity contribution >= 4 is 29.7 Å². The third kappa shape index (κ3) is 38.1. The number of carbonyl (C=O) groups excluding carboxylic acids is 2. The smallest absolute Gasteiger partial charge is 0.0654 e. The summed E-state index contributed by atoms with van der Waals surface area (Å²) in [4.78, 5) is 18.6. The molecule has 0 aromatic heterocycles.